The number of fused-ring (bicyclic) bond motifs is 1. The van der Waals surface area contributed by atoms with Crippen molar-refractivity contribution in [3.05, 3.63) is 23.8 Å². The number of imide groups is 1. The number of hydrogen-bond donors (Lipinski definition) is 1. The number of piperidine rings is 2. The van der Waals surface area contributed by atoms with Crippen molar-refractivity contribution in [2.75, 3.05) is 31.1 Å². The second-order valence-electron chi connectivity index (χ2n) is 9.29. The fourth-order valence-electron chi connectivity index (χ4n) is 5.76. The van der Waals surface area contributed by atoms with E-state index in [9.17, 15) is 14.4 Å². The lowest BCUT2D eigenvalue weighted by Gasteiger charge is -2.40. The molecule has 0 bridgehead atoms. The van der Waals surface area contributed by atoms with Crippen molar-refractivity contribution in [3.8, 4) is 5.75 Å². The van der Waals surface area contributed by atoms with Gasteiger partial charge in [0.15, 0.2) is 0 Å². The fraction of sp³-hybridized carbons (Fsp3) is 0.625. The number of nitrogens with one attached hydrogen (secondary N) is 1. The highest BCUT2D eigenvalue weighted by atomic mass is 16.5. The van der Waals surface area contributed by atoms with Gasteiger partial charge >= 0.3 is 0 Å². The second-order valence-corrected chi connectivity index (χ2v) is 9.29. The molecule has 1 aromatic rings. The third-order valence-corrected chi connectivity index (χ3v) is 7.45. The standard InChI is InChI=1S/C24H31N3O4/c28-21-9-8-20(23(29)25-21)27-14-15-31-22-18(6-3-7-19(22)27)16-10-12-26(13-11-16)24(30)17-4-1-2-5-17/h3,6-7,16-17,20H,1-2,4-5,8-15H2,(H,25,28,29). The predicted octanol–water partition coefficient (Wildman–Crippen LogP) is 2.59. The number of anilines is 1. The zero-order valence-electron chi connectivity index (χ0n) is 18.0. The third-order valence-electron chi connectivity index (χ3n) is 7.45. The van der Waals surface area contributed by atoms with Gasteiger partial charge < -0.3 is 14.5 Å². The molecular formula is C24H31N3O4. The summed E-state index contributed by atoms with van der Waals surface area (Å²) in [6.45, 7) is 2.78. The van der Waals surface area contributed by atoms with Crippen molar-refractivity contribution in [2.24, 2.45) is 5.92 Å². The summed E-state index contributed by atoms with van der Waals surface area (Å²) in [6, 6.07) is 5.85. The maximum atomic E-state index is 12.8. The Balaban J connectivity index is 1.31. The molecule has 1 aliphatic carbocycles. The van der Waals surface area contributed by atoms with E-state index in [0.29, 0.717) is 37.8 Å². The zero-order valence-corrected chi connectivity index (χ0v) is 18.0. The first-order chi connectivity index (χ1) is 15.1. The van der Waals surface area contributed by atoms with Crippen molar-refractivity contribution in [1.29, 1.82) is 0 Å². The van der Waals surface area contributed by atoms with Gasteiger partial charge in [0.25, 0.3) is 0 Å². The molecular weight excluding hydrogens is 394 g/mol. The van der Waals surface area contributed by atoms with Crippen LogP contribution in [0.15, 0.2) is 18.2 Å². The number of rotatable bonds is 3. The lowest BCUT2D eigenvalue weighted by atomic mass is 9.87. The molecule has 31 heavy (non-hydrogen) atoms. The van der Waals surface area contributed by atoms with Gasteiger partial charge in [-0.2, -0.15) is 0 Å². The molecule has 3 fully saturated rings. The molecule has 1 atom stereocenters. The molecule has 3 aliphatic heterocycles. The number of benzene rings is 1. The molecule has 3 amide bonds. The molecule has 2 saturated heterocycles. The minimum atomic E-state index is -0.332. The minimum Gasteiger partial charge on any atom is -0.489 e. The number of ether oxygens (including phenoxy) is 1. The summed E-state index contributed by atoms with van der Waals surface area (Å²) in [5, 5.41) is 2.48. The van der Waals surface area contributed by atoms with Crippen molar-refractivity contribution in [3.63, 3.8) is 0 Å². The molecule has 0 radical (unpaired) electrons. The summed E-state index contributed by atoms with van der Waals surface area (Å²) in [5.74, 6) is 1.41. The Morgan fingerprint density at radius 2 is 1.77 bits per heavy atom. The predicted molar refractivity (Wildman–Crippen MR) is 116 cm³/mol. The summed E-state index contributed by atoms with van der Waals surface area (Å²) in [7, 11) is 0. The van der Waals surface area contributed by atoms with Gasteiger partial charge in [-0.25, -0.2) is 0 Å². The van der Waals surface area contributed by atoms with Crippen LogP contribution < -0.4 is 15.0 Å². The van der Waals surface area contributed by atoms with Crippen LogP contribution in [-0.4, -0.2) is 54.9 Å². The first kappa shape index (κ1) is 20.3. The largest absolute Gasteiger partial charge is 0.489 e. The fourth-order valence-corrected chi connectivity index (χ4v) is 5.76. The summed E-state index contributed by atoms with van der Waals surface area (Å²) < 4.78 is 6.12. The van der Waals surface area contributed by atoms with Crippen LogP contribution in [0, 0.1) is 5.92 Å². The first-order valence-electron chi connectivity index (χ1n) is 11.8. The van der Waals surface area contributed by atoms with Crippen LogP contribution in [0.5, 0.6) is 5.75 Å². The van der Waals surface area contributed by atoms with Gasteiger partial charge in [-0.15, -0.1) is 0 Å². The van der Waals surface area contributed by atoms with Crippen molar-refractivity contribution < 1.29 is 19.1 Å². The van der Waals surface area contributed by atoms with Crippen LogP contribution in [-0.2, 0) is 14.4 Å². The summed E-state index contributed by atoms with van der Waals surface area (Å²) >= 11 is 0. The van der Waals surface area contributed by atoms with Gasteiger partial charge in [-0.3, -0.25) is 19.7 Å². The number of nitrogens with zero attached hydrogens (tertiary/aromatic N) is 2. The van der Waals surface area contributed by atoms with Gasteiger partial charge in [-0.1, -0.05) is 25.0 Å². The molecule has 1 saturated carbocycles. The Hall–Kier alpha value is -2.57. The van der Waals surface area contributed by atoms with Gasteiger partial charge in [0, 0.05) is 25.4 Å². The van der Waals surface area contributed by atoms with Gasteiger partial charge in [-0.05, 0) is 49.7 Å². The molecule has 4 aliphatic rings. The zero-order chi connectivity index (χ0) is 21.4. The lowest BCUT2D eigenvalue weighted by molar-refractivity contribution is -0.136. The highest BCUT2D eigenvalue weighted by Crippen LogP contribution is 2.43. The molecule has 7 nitrogen and oxygen atoms in total. The Bertz CT molecular complexity index is 872. The Morgan fingerprint density at radius 3 is 2.52 bits per heavy atom. The van der Waals surface area contributed by atoms with E-state index >= 15 is 0 Å². The number of hydrogen-bond acceptors (Lipinski definition) is 5. The highest BCUT2D eigenvalue weighted by molar-refractivity contribution is 6.02. The summed E-state index contributed by atoms with van der Waals surface area (Å²) in [5.41, 5.74) is 2.13. The van der Waals surface area contributed by atoms with Crippen molar-refractivity contribution in [2.45, 2.75) is 63.3 Å². The smallest absolute Gasteiger partial charge is 0.249 e. The van der Waals surface area contributed by atoms with E-state index in [2.05, 4.69) is 21.2 Å². The van der Waals surface area contributed by atoms with E-state index < -0.39 is 0 Å². The third kappa shape index (κ3) is 3.90. The van der Waals surface area contributed by atoms with E-state index in [1.54, 1.807) is 0 Å². The minimum absolute atomic E-state index is 0.192. The quantitative estimate of drug-likeness (QED) is 0.753. The molecule has 7 heteroatoms. The van der Waals surface area contributed by atoms with Crippen molar-refractivity contribution in [1.82, 2.24) is 10.2 Å². The number of carbonyl (C=O) groups is 3. The van der Waals surface area contributed by atoms with E-state index in [0.717, 1.165) is 50.2 Å². The average Bonchev–Trinajstić information content (AvgIpc) is 3.33. The monoisotopic (exact) mass is 425 g/mol. The molecule has 1 N–H and O–H groups in total. The second kappa shape index (κ2) is 8.52. The summed E-state index contributed by atoms with van der Waals surface area (Å²) in [4.78, 5) is 41.0. The maximum Gasteiger partial charge on any atom is 0.249 e. The normalized spacial score (nSPS) is 25.2. The average molecular weight is 426 g/mol. The molecule has 1 aromatic carbocycles. The van der Waals surface area contributed by atoms with Gasteiger partial charge in [0.05, 0.1) is 12.2 Å². The Morgan fingerprint density at radius 1 is 1.00 bits per heavy atom. The molecule has 0 spiro atoms. The van der Waals surface area contributed by atoms with Crippen LogP contribution in [0.3, 0.4) is 0 Å². The molecule has 0 aromatic heterocycles. The van der Waals surface area contributed by atoms with Crippen LogP contribution in [0.1, 0.15) is 62.8 Å². The number of para-hydroxylation sites is 1. The number of carbonyl (C=O) groups excluding carboxylic acids is 3. The molecule has 5 rings (SSSR count). The number of amides is 3. The molecule has 166 valence electrons. The lowest BCUT2D eigenvalue weighted by Crippen LogP contribution is -2.54. The van der Waals surface area contributed by atoms with Crippen LogP contribution >= 0.6 is 0 Å². The Labute approximate surface area is 183 Å². The molecule has 3 heterocycles. The van der Waals surface area contributed by atoms with Crippen LogP contribution in [0.25, 0.3) is 0 Å². The van der Waals surface area contributed by atoms with Gasteiger partial charge in [0.2, 0.25) is 17.7 Å². The molecule has 1 unspecified atom stereocenters. The van der Waals surface area contributed by atoms with Crippen LogP contribution in [0.2, 0.25) is 0 Å². The van der Waals surface area contributed by atoms with E-state index in [-0.39, 0.29) is 23.8 Å². The van der Waals surface area contributed by atoms with E-state index in [1.807, 2.05) is 12.1 Å². The van der Waals surface area contributed by atoms with Gasteiger partial charge in [0.1, 0.15) is 18.4 Å². The maximum absolute atomic E-state index is 12.8. The van der Waals surface area contributed by atoms with E-state index in [4.69, 9.17) is 4.74 Å². The highest BCUT2D eigenvalue weighted by Gasteiger charge is 2.37. The first-order valence-corrected chi connectivity index (χ1v) is 11.8. The van der Waals surface area contributed by atoms with Crippen molar-refractivity contribution >= 4 is 23.4 Å². The van der Waals surface area contributed by atoms with Crippen LogP contribution in [0.4, 0.5) is 5.69 Å². The van der Waals surface area contributed by atoms with E-state index in [1.165, 1.54) is 18.4 Å². The Kier molecular flexibility index (Phi) is 5.59. The summed E-state index contributed by atoms with van der Waals surface area (Å²) in [6.07, 6.45) is 7.26. The number of likely N-dealkylation sites (tertiary alicyclic amines) is 1. The topological polar surface area (TPSA) is 79.0 Å². The SMILES string of the molecule is O=C1CCC(N2CCOc3c(C4CCN(C(=O)C5CCCC5)CC4)cccc32)C(=O)N1.